The predicted molar refractivity (Wildman–Crippen MR) is 59.2 cm³/mol. The van der Waals surface area contributed by atoms with Crippen LogP contribution in [0.4, 0.5) is 0 Å². The minimum Gasteiger partial charge on any atom is -0.493 e. The molecule has 0 amide bonds. The molecule has 0 spiro atoms. The van der Waals surface area contributed by atoms with Gasteiger partial charge in [-0.05, 0) is 18.2 Å². The van der Waals surface area contributed by atoms with Crippen molar-refractivity contribution in [3.8, 4) is 5.75 Å². The molecule has 1 aromatic rings. The minimum atomic E-state index is -0.781. The SMILES string of the molecule is CC(C(=O)O)C1COc2ccc(Br)cc21. The van der Waals surface area contributed by atoms with Crippen LogP contribution in [0.2, 0.25) is 0 Å². The first-order valence-electron chi connectivity index (χ1n) is 4.74. The quantitative estimate of drug-likeness (QED) is 0.899. The smallest absolute Gasteiger partial charge is 0.306 e. The number of benzene rings is 1. The second-order valence-electron chi connectivity index (χ2n) is 3.73. The van der Waals surface area contributed by atoms with Crippen LogP contribution in [0.1, 0.15) is 18.4 Å². The predicted octanol–water partition coefficient (Wildman–Crippen LogP) is 2.65. The molecule has 0 saturated heterocycles. The van der Waals surface area contributed by atoms with Gasteiger partial charge in [0, 0.05) is 16.0 Å². The Hall–Kier alpha value is -1.03. The molecule has 0 bridgehead atoms. The van der Waals surface area contributed by atoms with Crippen LogP contribution in [0.3, 0.4) is 0 Å². The molecule has 2 atom stereocenters. The van der Waals surface area contributed by atoms with Gasteiger partial charge in [0.25, 0.3) is 0 Å². The summed E-state index contributed by atoms with van der Waals surface area (Å²) in [5.74, 6) is -0.441. The summed E-state index contributed by atoms with van der Waals surface area (Å²) in [6.07, 6.45) is 0. The number of halogens is 1. The maximum atomic E-state index is 10.9. The average molecular weight is 271 g/mol. The van der Waals surface area contributed by atoms with E-state index in [1.165, 1.54) is 0 Å². The lowest BCUT2D eigenvalue weighted by Crippen LogP contribution is -2.19. The Bertz CT molecular complexity index is 403. The summed E-state index contributed by atoms with van der Waals surface area (Å²) in [5, 5.41) is 8.97. The Kier molecular flexibility index (Phi) is 2.69. The van der Waals surface area contributed by atoms with Crippen LogP contribution in [0.15, 0.2) is 22.7 Å². The molecule has 1 N–H and O–H groups in total. The van der Waals surface area contributed by atoms with Crippen molar-refractivity contribution in [2.45, 2.75) is 12.8 Å². The number of ether oxygens (including phenoxy) is 1. The second-order valence-corrected chi connectivity index (χ2v) is 4.64. The number of carboxylic acids is 1. The first kappa shape index (κ1) is 10.5. The van der Waals surface area contributed by atoms with Crippen LogP contribution in [0.5, 0.6) is 5.75 Å². The standard InChI is InChI=1S/C11H11BrO3/c1-6(11(13)14)9-5-15-10-3-2-7(12)4-8(9)10/h2-4,6,9H,5H2,1H3,(H,13,14). The van der Waals surface area contributed by atoms with Crippen LogP contribution < -0.4 is 4.74 Å². The van der Waals surface area contributed by atoms with Gasteiger partial charge in [-0.2, -0.15) is 0 Å². The molecule has 80 valence electrons. The van der Waals surface area contributed by atoms with Crippen molar-refractivity contribution in [2.75, 3.05) is 6.61 Å². The molecule has 0 fully saturated rings. The van der Waals surface area contributed by atoms with E-state index in [9.17, 15) is 4.79 Å². The lowest BCUT2D eigenvalue weighted by Gasteiger charge is -2.13. The van der Waals surface area contributed by atoms with E-state index in [1.54, 1.807) is 6.92 Å². The highest BCUT2D eigenvalue weighted by molar-refractivity contribution is 9.10. The molecule has 1 heterocycles. The summed E-state index contributed by atoms with van der Waals surface area (Å²) in [4.78, 5) is 10.9. The molecular weight excluding hydrogens is 260 g/mol. The Morgan fingerprint density at radius 3 is 3.07 bits per heavy atom. The third-order valence-electron chi connectivity index (χ3n) is 2.78. The van der Waals surface area contributed by atoms with Crippen LogP contribution in [0.25, 0.3) is 0 Å². The third kappa shape index (κ3) is 1.86. The van der Waals surface area contributed by atoms with Gasteiger partial charge in [0.1, 0.15) is 5.75 Å². The van der Waals surface area contributed by atoms with Crippen molar-refractivity contribution in [3.05, 3.63) is 28.2 Å². The van der Waals surface area contributed by atoms with Gasteiger partial charge in [-0.15, -0.1) is 0 Å². The number of fused-ring (bicyclic) bond motifs is 1. The summed E-state index contributed by atoms with van der Waals surface area (Å²) in [6, 6.07) is 5.70. The Morgan fingerprint density at radius 2 is 2.40 bits per heavy atom. The number of carboxylic acid groups (broad SMARTS) is 1. The van der Waals surface area contributed by atoms with Crippen molar-refractivity contribution in [1.29, 1.82) is 0 Å². The zero-order chi connectivity index (χ0) is 11.0. The number of carbonyl (C=O) groups is 1. The highest BCUT2D eigenvalue weighted by atomic mass is 79.9. The highest BCUT2D eigenvalue weighted by Crippen LogP contribution is 2.39. The number of hydrogen-bond acceptors (Lipinski definition) is 2. The first-order valence-corrected chi connectivity index (χ1v) is 5.54. The van der Waals surface area contributed by atoms with E-state index in [4.69, 9.17) is 9.84 Å². The van der Waals surface area contributed by atoms with E-state index < -0.39 is 11.9 Å². The molecule has 4 heteroatoms. The first-order chi connectivity index (χ1) is 7.09. The maximum absolute atomic E-state index is 10.9. The molecule has 1 aromatic carbocycles. The van der Waals surface area contributed by atoms with Gasteiger partial charge in [-0.25, -0.2) is 0 Å². The zero-order valence-corrected chi connectivity index (χ0v) is 9.82. The highest BCUT2D eigenvalue weighted by Gasteiger charge is 2.32. The Morgan fingerprint density at radius 1 is 1.67 bits per heavy atom. The minimum absolute atomic E-state index is 0.0463. The van der Waals surface area contributed by atoms with Crippen LogP contribution in [-0.2, 0) is 4.79 Å². The van der Waals surface area contributed by atoms with Crippen molar-refractivity contribution in [3.63, 3.8) is 0 Å². The molecule has 15 heavy (non-hydrogen) atoms. The van der Waals surface area contributed by atoms with Crippen LogP contribution in [-0.4, -0.2) is 17.7 Å². The lowest BCUT2D eigenvalue weighted by molar-refractivity contribution is -0.142. The van der Waals surface area contributed by atoms with E-state index in [2.05, 4.69) is 15.9 Å². The largest absolute Gasteiger partial charge is 0.493 e. The fourth-order valence-electron chi connectivity index (χ4n) is 1.80. The molecule has 0 aromatic heterocycles. The van der Waals surface area contributed by atoms with E-state index in [0.29, 0.717) is 6.61 Å². The number of aliphatic carboxylic acids is 1. The van der Waals surface area contributed by atoms with Crippen LogP contribution >= 0.6 is 15.9 Å². The van der Waals surface area contributed by atoms with E-state index in [1.807, 2.05) is 18.2 Å². The fraction of sp³-hybridized carbons (Fsp3) is 0.364. The van der Waals surface area contributed by atoms with Gasteiger partial charge in [0.15, 0.2) is 0 Å². The summed E-state index contributed by atoms with van der Waals surface area (Å²) >= 11 is 3.38. The fourth-order valence-corrected chi connectivity index (χ4v) is 2.17. The van der Waals surface area contributed by atoms with Gasteiger partial charge in [-0.1, -0.05) is 22.9 Å². The lowest BCUT2D eigenvalue weighted by atomic mass is 9.89. The molecule has 3 nitrogen and oxygen atoms in total. The molecule has 0 aliphatic carbocycles. The molecule has 1 aliphatic heterocycles. The summed E-state index contributed by atoms with van der Waals surface area (Å²) in [5.41, 5.74) is 0.985. The van der Waals surface area contributed by atoms with E-state index >= 15 is 0 Å². The van der Waals surface area contributed by atoms with Gasteiger partial charge in [0.05, 0.1) is 12.5 Å². The van der Waals surface area contributed by atoms with Crippen molar-refractivity contribution >= 4 is 21.9 Å². The summed E-state index contributed by atoms with van der Waals surface area (Å²) < 4.78 is 6.41. The van der Waals surface area contributed by atoms with Crippen molar-refractivity contribution < 1.29 is 14.6 Å². The van der Waals surface area contributed by atoms with Gasteiger partial charge >= 0.3 is 5.97 Å². The second kappa shape index (κ2) is 3.85. The molecule has 2 unspecified atom stereocenters. The van der Waals surface area contributed by atoms with Crippen LogP contribution in [0, 0.1) is 5.92 Å². The topological polar surface area (TPSA) is 46.5 Å². The third-order valence-corrected chi connectivity index (χ3v) is 3.28. The Labute approximate surface area is 96.2 Å². The van der Waals surface area contributed by atoms with Gasteiger partial charge in [-0.3, -0.25) is 4.79 Å². The molecule has 1 aliphatic rings. The zero-order valence-electron chi connectivity index (χ0n) is 8.24. The van der Waals surface area contributed by atoms with E-state index in [0.717, 1.165) is 15.8 Å². The van der Waals surface area contributed by atoms with Crippen molar-refractivity contribution in [2.24, 2.45) is 5.92 Å². The summed E-state index contributed by atoms with van der Waals surface area (Å²) in [7, 11) is 0. The molecule has 0 radical (unpaired) electrons. The van der Waals surface area contributed by atoms with Gasteiger partial charge < -0.3 is 9.84 Å². The average Bonchev–Trinajstić information content (AvgIpc) is 2.59. The van der Waals surface area contributed by atoms with E-state index in [-0.39, 0.29) is 5.92 Å². The summed E-state index contributed by atoms with van der Waals surface area (Å²) in [6.45, 7) is 2.17. The normalized spacial score (nSPS) is 20.5. The van der Waals surface area contributed by atoms with Crippen molar-refractivity contribution in [1.82, 2.24) is 0 Å². The number of rotatable bonds is 2. The maximum Gasteiger partial charge on any atom is 0.306 e. The molecular formula is C11H11BrO3. The number of hydrogen-bond donors (Lipinski definition) is 1. The molecule has 2 rings (SSSR count). The monoisotopic (exact) mass is 270 g/mol. The molecule has 0 saturated carbocycles. The Balaban J connectivity index is 2.35. The van der Waals surface area contributed by atoms with Gasteiger partial charge in [0.2, 0.25) is 0 Å².